The monoisotopic (exact) mass is 275 g/mol. The number of hydrogen-bond acceptors (Lipinski definition) is 2. The Morgan fingerprint density at radius 1 is 1.15 bits per heavy atom. The van der Waals surface area contributed by atoms with Gasteiger partial charge in [-0.2, -0.15) is 0 Å². The van der Waals surface area contributed by atoms with Crippen molar-refractivity contribution in [3.8, 4) is 0 Å². The molecule has 1 aliphatic heterocycles. The molecular weight excluding hydrogens is 254 g/mol. The number of likely N-dealkylation sites (tertiary alicyclic amines) is 1. The molecule has 0 aromatic heterocycles. The van der Waals surface area contributed by atoms with Gasteiger partial charge in [-0.1, -0.05) is 30.3 Å². The number of piperidine rings is 1. The summed E-state index contributed by atoms with van der Waals surface area (Å²) >= 11 is 0. The lowest BCUT2D eigenvalue weighted by Gasteiger charge is -2.30. The molecule has 3 amide bonds. The average Bonchev–Trinajstić information content (AvgIpc) is 2.47. The number of benzene rings is 1. The summed E-state index contributed by atoms with van der Waals surface area (Å²) in [7, 11) is 0. The minimum absolute atomic E-state index is 0.0349. The van der Waals surface area contributed by atoms with Gasteiger partial charge in [0.1, 0.15) is 6.04 Å². The summed E-state index contributed by atoms with van der Waals surface area (Å²) in [6.45, 7) is 1.54. The van der Waals surface area contributed by atoms with Gasteiger partial charge in [-0.3, -0.25) is 4.79 Å². The molecule has 0 spiro atoms. The second-order valence-electron chi connectivity index (χ2n) is 5.14. The second kappa shape index (κ2) is 6.93. The van der Waals surface area contributed by atoms with Crippen molar-refractivity contribution in [2.24, 2.45) is 5.73 Å². The molecule has 0 aliphatic carbocycles. The summed E-state index contributed by atoms with van der Waals surface area (Å²) in [6.07, 6.45) is 3.69. The Morgan fingerprint density at radius 2 is 1.80 bits per heavy atom. The van der Waals surface area contributed by atoms with Gasteiger partial charge in [0.15, 0.2) is 0 Å². The van der Waals surface area contributed by atoms with Crippen molar-refractivity contribution in [1.29, 1.82) is 0 Å². The van der Waals surface area contributed by atoms with Crippen LogP contribution >= 0.6 is 0 Å². The molecule has 0 radical (unpaired) electrons. The van der Waals surface area contributed by atoms with E-state index in [9.17, 15) is 9.59 Å². The van der Waals surface area contributed by atoms with Crippen molar-refractivity contribution in [1.82, 2.24) is 10.2 Å². The zero-order valence-electron chi connectivity index (χ0n) is 11.5. The number of hydrogen-bond donors (Lipinski definition) is 2. The highest BCUT2D eigenvalue weighted by Crippen LogP contribution is 2.12. The summed E-state index contributed by atoms with van der Waals surface area (Å²) in [5.74, 6) is -0.0349. The van der Waals surface area contributed by atoms with Crippen LogP contribution in [0.3, 0.4) is 0 Å². The maximum absolute atomic E-state index is 12.5. The van der Waals surface area contributed by atoms with Gasteiger partial charge in [-0.05, 0) is 24.8 Å². The van der Waals surface area contributed by atoms with E-state index in [2.05, 4.69) is 5.32 Å². The fourth-order valence-corrected chi connectivity index (χ4v) is 2.56. The summed E-state index contributed by atoms with van der Waals surface area (Å²) in [5, 5.41) is 2.57. The summed E-state index contributed by atoms with van der Waals surface area (Å²) in [5.41, 5.74) is 6.20. The summed E-state index contributed by atoms with van der Waals surface area (Å²) in [6, 6.07) is 8.42. The molecule has 1 aromatic carbocycles. The first-order chi connectivity index (χ1) is 9.66. The minimum Gasteiger partial charge on any atom is -0.352 e. The van der Waals surface area contributed by atoms with Crippen LogP contribution in [-0.2, 0) is 11.2 Å². The molecule has 0 bridgehead atoms. The van der Waals surface area contributed by atoms with Crippen LogP contribution in [0.2, 0.25) is 0 Å². The van der Waals surface area contributed by atoms with E-state index in [-0.39, 0.29) is 5.91 Å². The zero-order chi connectivity index (χ0) is 14.4. The van der Waals surface area contributed by atoms with E-state index in [0.29, 0.717) is 6.42 Å². The van der Waals surface area contributed by atoms with Gasteiger partial charge in [-0.15, -0.1) is 0 Å². The van der Waals surface area contributed by atoms with E-state index in [0.717, 1.165) is 37.9 Å². The van der Waals surface area contributed by atoms with Crippen molar-refractivity contribution in [2.45, 2.75) is 31.7 Å². The molecule has 1 aromatic rings. The van der Waals surface area contributed by atoms with Crippen LogP contribution in [0.15, 0.2) is 30.3 Å². The first kappa shape index (κ1) is 14.4. The molecule has 0 unspecified atom stereocenters. The number of urea groups is 1. The van der Waals surface area contributed by atoms with E-state index in [1.165, 1.54) is 0 Å². The highest BCUT2D eigenvalue weighted by molar-refractivity contribution is 5.87. The fourth-order valence-electron chi connectivity index (χ4n) is 2.56. The molecule has 5 nitrogen and oxygen atoms in total. The molecule has 1 aliphatic rings. The third kappa shape index (κ3) is 3.98. The molecule has 108 valence electrons. The molecule has 0 saturated carbocycles. The van der Waals surface area contributed by atoms with E-state index in [1.54, 1.807) is 0 Å². The number of amides is 3. The highest BCUT2D eigenvalue weighted by atomic mass is 16.2. The lowest BCUT2D eigenvalue weighted by Crippen LogP contribution is -2.52. The molecular formula is C15H21N3O2. The number of nitrogens with two attached hydrogens (primary N) is 1. The van der Waals surface area contributed by atoms with Gasteiger partial charge >= 0.3 is 6.03 Å². The predicted molar refractivity (Wildman–Crippen MR) is 77.1 cm³/mol. The fraction of sp³-hybridized carbons (Fsp3) is 0.467. The van der Waals surface area contributed by atoms with Gasteiger partial charge in [-0.25, -0.2) is 4.79 Å². The van der Waals surface area contributed by atoms with Crippen LogP contribution < -0.4 is 11.1 Å². The third-order valence-corrected chi connectivity index (χ3v) is 3.56. The molecule has 3 N–H and O–H groups in total. The number of carbonyl (C=O) groups is 2. The lowest BCUT2D eigenvalue weighted by molar-refractivity contribution is -0.134. The Hall–Kier alpha value is -2.04. The highest BCUT2D eigenvalue weighted by Gasteiger charge is 2.26. The molecule has 20 heavy (non-hydrogen) atoms. The Bertz CT molecular complexity index is 455. The summed E-state index contributed by atoms with van der Waals surface area (Å²) in [4.78, 5) is 25.4. The maximum atomic E-state index is 12.5. The largest absolute Gasteiger partial charge is 0.352 e. The Balaban J connectivity index is 2.05. The van der Waals surface area contributed by atoms with Crippen molar-refractivity contribution >= 4 is 11.9 Å². The topological polar surface area (TPSA) is 75.4 Å². The van der Waals surface area contributed by atoms with Crippen molar-refractivity contribution in [3.05, 3.63) is 35.9 Å². The number of rotatable bonds is 4. The quantitative estimate of drug-likeness (QED) is 0.868. The standard InChI is InChI=1S/C15H21N3O2/c16-15(20)17-13(11-12-7-3-1-4-8-12)14(19)18-9-5-2-6-10-18/h1,3-4,7-8,13H,2,5-6,9-11H2,(H3,16,17,20)/t13-/m1/s1. The second-order valence-corrected chi connectivity index (χ2v) is 5.14. The first-order valence-electron chi connectivity index (χ1n) is 7.05. The average molecular weight is 275 g/mol. The normalized spacial score (nSPS) is 16.5. The molecule has 1 fully saturated rings. The van der Waals surface area contributed by atoms with Gasteiger partial charge < -0.3 is 16.0 Å². The number of nitrogens with zero attached hydrogens (tertiary/aromatic N) is 1. The van der Waals surface area contributed by atoms with Crippen LogP contribution in [-0.4, -0.2) is 36.0 Å². The SMILES string of the molecule is NC(=O)N[C@H](Cc1ccccc1)C(=O)N1CCCCC1. The van der Waals surface area contributed by atoms with Crippen molar-refractivity contribution in [3.63, 3.8) is 0 Å². The third-order valence-electron chi connectivity index (χ3n) is 3.56. The van der Waals surface area contributed by atoms with Crippen molar-refractivity contribution < 1.29 is 9.59 Å². The van der Waals surface area contributed by atoms with Crippen molar-refractivity contribution in [2.75, 3.05) is 13.1 Å². The zero-order valence-corrected chi connectivity index (χ0v) is 11.5. The smallest absolute Gasteiger partial charge is 0.312 e. The maximum Gasteiger partial charge on any atom is 0.312 e. The minimum atomic E-state index is -0.656. The Morgan fingerprint density at radius 3 is 2.40 bits per heavy atom. The molecule has 5 heteroatoms. The lowest BCUT2D eigenvalue weighted by atomic mass is 10.0. The van der Waals surface area contributed by atoms with Crippen LogP contribution in [0.25, 0.3) is 0 Å². The van der Waals surface area contributed by atoms with E-state index >= 15 is 0 Å². The predicted octanol–water partition coefficient (Wildman–Crippen LogP) is 1.28. The van der Waals surface area contributed by atoms with E-state index in [4.69, 9.17) is 5.73 Å². The first-order valence-corrected chi connectivity index (χ1v) is 7.05. The molecule has 1 atom stereocenters. The van der Waals surface area contributed by atoms with E-state index in [1.807, 2.05) is 35.2 Å². The van der Waals surface area contributed by atoms with E-state index < -0.39 is 12.1 Å². The van der Waals surface area contributed by atoms with Crippen LogP contribution in [0.1, 0.15) is 24.8 Å². The molecule has 1 saturated heterocycles. The molecule has 1 heterocycles. The van der Waals surface area contributed by atoms with Gasteiger partial charge in [0.05, 0.1) is 0 Å². The van der Waals surface area contributed by atoms with Crippen LogP contribution in [0, 0.1) is 0 Å². The van der Waals surface area contributed by atoms with Crippen LogP contribution in [0.5, 0.6) is 0 Å². The number of nitrogens with one attached hydrogen (secondary N) is 1. The summed E-state index contributed by atoms with van der Waals surface area (Å²) < 4.78 is 0. The van der Waals surface area contributed by atoms with Gasteiger partial charge in [0, 0.05) is 19.5 Å². The Kier molecular flexibility index (Phi) is 4.98. The Labute approximate surface area is 119 Å². The van der Waals surface area contributed by atoms with Gasteiger partial charge in [0.25, 0.3) is 0 Å². The van der Waals surface area contributed by atoms with Gasteiger partial charge in [0.2, 0.25) is 5.91 Å². The number of primary amides is 1. The number of carbonyl (C=O) groups excluding carboxylic acids is 2. The van der Waals surface area contributed by atoms with Crippen LogP contribution in [0.4, 0.5) is 4.79 Å². The molecule has 2 rings (SSSR count).